The summed E-state index contributed by atoms with van der Waals surface area (Å²) in [5, 5.41) is 0. The predicted octanol–water partition coefficient (Wildman–Crippen LogP) is 2.14. The number of nitrogens with one attached hydrogen (secondary N) is 1. The Labute approximate surface area is 200 Å². The third-order valence-corrected chi connectivity index (χ3v) is 9.34. The Balaban J connectivity index is 1.31. The second-order valence-electron chi connectivity index (χ2n) is 10.1. The Bertz CT molecular complexity index is 1120. The van der Waals surface area contributed by atoms with Crippen molar-refractivity contribution in [2.24, 2.45) is 11.8 Å². The largest absolute Gasteiger partial charge is 0.337 e. The van der Waals surface area contributed by atoms with Crippen LogP contribution in [0.5, 0.6) is 0 Å². The van der Waals surface area contributed by atoms with E-state index in [-0.39, 0.29) is 53.6 Å². The Morgan fingerprint density at radius 1 is 1.00 bits per heavy atom. The number of aryl methyl sites for hydroxylation is 1. The van der Waals surface area contributed by atoms with Crippen LogP contribution in [-0.2, 0) is 24.4 Å². The van der Waals surface area contributed by atoms with Crippen molar-refractivity contribution < 1.29 is 22.8 Å². The molecule has 2 saturated heterocycles. The Kier molecular flexibility index (Phi) is 5.88. The summed E-state index contributed by atoms with van der Waals surface area (Å²) in [4.78, 5) is 42.5. The van der Waals surface area contributed by atoms with Gasteiger partial charge in [0.25, 0.3) is 0 Å². The zero-order valence-electron chi connectivity index (χ0n) is 19.4. The fourth-order valence-electron chi connectivity index (χ4n) is 5.89. The lowest BCUT2D eigenvalue weighted by atomic mass is 9.80. The van der Waals surface area contributed by atoms with Crippen molar-refractivity contribution >= 4 is 27.7 Å². The zero-order valence-corrected chi connectivity index (χ0v) is 20.2. The molecule has 1 aromatic rings. The molecule has 1 N–H and O–H groups in total. The highest BCUT2D eigenvalue weighted by molar-refractivity contribution is 7.89. The average molecular weight is 486 g/mol. The van der Waals surface area contributed by atoms with Crippen molar-refractivity contribution in [3.05, 3.63) is 42.0 Å². The minimum absolute atomic E-state index is 0.135. The molecule has 0 bridgehead atoms. The Morgan fingerprint density at radius 2 is 1.62 bits per heavy atom. The van der Waals surface area contributed by atoms with Crippen molar-refractivity contribution in [2.45, 2.75) is 68.3 Å². The number of sulfonamides is 1. The number of benzene rings is 1. The standard InChI is InChI=1S/C25H31N3O5S/c1-17-8-7-9-19(14-17)34(32,33)26-25(12-5-2-6-13-25)24(31)27-15-18(16-27)28-22(29)20-10-3-4-11-21(20)23(28)30/h3-4,7-9,14,18,20-21,26H,2,5-6,10-13,15-16H2,1H3. The summed E-state index contributed by atoms with van der Waals surface area (Å²) < 4.78 is 29.2. The van der Waals surface area contributed by atoms with Crippen LogP contribution in [0.15, 0.2) is 41.3 Å². The molecule has 9 heteroatoms. The lowest BCUT2D eigenvalue weighted by molar-refractivity contribution is -0.156. The molecule has 0 aromatic heterocycles. The van der Waals surface area contributed by atoms with Crippen LogP contribution in [0.2, 0.25) is 0 Å². The van der Waals surface area contributed by atoms with E-state index in [1.165, 1.54) is 11.0 Å². The summed E-state index contributed by atoms with van der Waals surface area (Å²) in [6.07, 6.45) is 8.45. The first-order valence-electron chi connectivity index (χ1n) is 12.1. The van der Waals surface area contributed by atoms with E-state index in [9.17, 15) is 22.8 Å². The number of nitrogens with zero attached hydrogens (tertiary/aromatic N) is 2. The molecule has 4 aliphatic rings. The Hall–Kier alpha value is -2.52. The highest BCUT2D eigenvalue weighted by Gasteiger charge is 2.54. The molecule has 2 atom stereocenters. The molecule has 3 fully saturated rings. The number of fused-ring (bicyclic) bond motifs is 1. The summed E-state index contributed by atoms with van der Waals surface area (Å²) in [5.74, 6) is -1.09. The van der Waals surface area contributed by atoms with Gasteiger partial charge in [0.15, 0.2) is 0 Å². The van der Waals surface area contributed by atoms with Gasteiger partial charge in [0.1, 0.15) is 5.54 Å². The summed E-state index contributed by atoms with van der Waals surface area (Å²) >= 11 is 0. The van der Waals surface area contributed by atoms with Gasteiger partial charge < -0.3 is 4.90 Å². The van der Waals surface area contributed by atoms with Crippen molar-refractivity contribution in [3.8, 4) is 0 Å². The lowest BCUT2D eigenvalue weighted by Crippen LogP contribution is -2.69. The molecule has 182 valence electrons. The van der Waals surface area contributed by atoms with Gasteiger partial charge in [-0.15, -0.1) is 0 Å². The quantitative estimate of drug-likeness (QED) is 0.508. The van der Waals surface area contributed by atoms with Crippen LogP contribution in [0.3, 0.4) is 0 Å². The maximum Gasteiger partial charge on any atom is 0.244 e. The van der Waals surface area contributed by atoms with Gasteiger partial charge in [-0.25, -0.2) is 8.42 Å². The second-order valence-corrected chi connectivity index (χ2v) is 11.8. The monoisotopic (exact) mass is 485 g/mol. The first-order chi connectivity index (χ1) is 16.2. The van der Waals surface area contributed by atoms with Crippen molar-refractivity contribution in [1.82, 2.24) is 14.5 Å². The first-order valence-corrected chi connectivity index (χ1v) is 13.6. The zero-order chi connectivity index (χ0) is 24.1. The van der Waals surface area contributed by atoms with E-state index < -0.39 is 15.6 Å². The molecule has 0 radical (unpaired) electrons. The number of allylic oxidation sites excluding steroid dienone is 2. The Morgan fingerprint density at radius 3 is 2.21 bits per heavy atom. The average Bonchev–Trinajstić information content (AvgIpc) is 3.04. The number of carbonyl (C=O) groups is 3. The van der Waals surface area contributed by atoms with Crippen LogP contribution in [0.4, 0.5) is 0 Å². The molecule has 2 aliphatic carbocycles. The van der Waals surface area contributed by atoms with Gasteiger partial charge in [-0.05, 0) is 50.3 Å². The molecule has 2 unspecified atom stereocenters. The van der Waals surface area contributed by atoms with Crippen molar-refractivity contribution in [3.63, 3.8) is 0 Å². The van der Waals surface area contributed by atoms with E-state index in [1.54, 1.807) is 17.0 Å². The van der Waals surface area contributed by atoms with Crippen LogP contribution in [0, 0.1) is 18.8 Å². The van der Waals surface area contributed by atoms with Crippen LogP contribution in [0.1, 0.15) is 50.5 Å². The molecule has 34 heavy (non-hydrogen) atoms. The van der Waals surface area contributed by atoms with E-state index in [4.69, 9.17) is 0 Å². The van der Waals surface area contributed by atoms with Gasteiger partial charge in [0.05, 0.1) is 22.8 Å². The normalized spacial score (nSPS) is 27.0. The highest BCUT2D eigenvalue weighted by atomic mass is 32.2. The predicted molar refractivity (Wildman–Crippen MR) is 125 cm³/mol. The lowest BCUT2D eigenvalue weighted by Gasteiger charge is -2.48. The minimum Gasteiger partial charge on any atom is -0.337 e. The fourth-order valence-corrected chi connectivity index (χ4v) is 7.41. The summed E-state index contributed by atoms with van der Waals surface area (Å²) in [5.41, 5.74) is -0.365. The SMILES string of the molecule is Cc1cccc(S(=O)(=O)NC2(C(=O)N3CC(N4C(=O)C5CC=CCC5C4=O)C3)CCCCC2)c1. The highest BCUT2D eigenvalue weighted by Crippen LogP contribution is 2.39. The molecule has 3 amide bonds. The number of amides is 3. The van der Waals surface area contributed by atoms with E-state index in [2.05, 4.69) is 4.72 Å². The van der Waals surface area contributed by atoms with E-state index in [0.717, 1.165) is 24.8 Å². The third-order valence-electron chi connectivity index (χ3n) is 7.80. The third kappa shape index (κ3) is 3.88. The van der Waals surface area contributed by atoms with Crippen LogP contribution >= 0.6 is 0 Å². The van der Waals surface area contributed by atoms with E-state index in [0.29, 0.717) is 25.7 Å². The number of imide groups is 1. The van der Waals surface area contributed by atoms with E-state index >= 15 is 0 Å². The minimum atomic E-state index is -3.89. The van der Waals surface area contributed by atoms with Crippen molar-refractivity contribution in [2.75, 3.05) is 13.1 Å². The summed E-state index contributed by atoms with van der Waals surface area (Å²) in [7, 11) is -3.89. The van der Waals surface area contributed by atoms with Gasteiger partial charge in [-0.1, -0.05) is 43.5 Å². The summed E-state index contributed by atoms with van der Waals surface area (Å²) in [6.45, 7) is 2.35. The first kappa shape index (κ1) is 23.2. The van der Waals surface area contributed by atoms with Gasteiger partial charge in [-0.2, -0.15) is 4.72 Å². The molecule has 1 saturated carbocycles. The van der Waals surface area contributed by atoms with Gasteiger partial charge in [0, 0.05) is 13.1 Å². The molecule has 2 heterocycles. The number of hydrogen-bond acceptors (Lipinski definition) is 5. The fraction of sp³-hybridized carbons (Fsp3) is 0.560. The molecule has 8 nitrogen and oxygen atoms in total. The van der Waals surface area contributed by atoms with Gasteiger partial charge in [0.2, 0.25) is 27.7 Å². The van der Waals surface area contributed by atoms with Crippen LogP contribution in [-0.4, -0.2) is 60.6 Å². The second kappa shape index (κ2) is 8.61. The number of hydrogen-bond donors (Lipinski definition) is 1. The molecule has 0 spiro atoms. The molecular formula is C25H31N3O5S. The molecule has 1 aromatic carbocycles. The number of rotatable bonds is 5. The number of carbonyl (C=O) groups excluding carboxylic acids is 3. The number of likely N-dealkylation sites (tertiary alicyclic amines) is 2. The van der Waals surface area contributed by atoms with E-state index in [1.807, 2.05) is 25.1 Å². The molecular weight excluding hydrogens is 454 g/mol. The molecule has 5 rings (SSSR count). The van der Waals surface area contributed by atoms with Gasteiger partial charge >= 0.3 is 0 Å². The maximum atomic E-state index is 13.7. The van der Waals surface area contributed by atoms with Crippen LogP contribution in [0.25, 0.3) is 0 Å². The van der Waals surface area contributed by atoms with Crippen LogP contribution < -0.4 is 4.72 Å². The molecule has 2 aliphatic heterocycles. The topological polar surface area (TPSA) is 104 Å². The maximum absolute atomic E-state index is 13.7. The van der Waals surface area contributed by atoms with Gasteiger partial charge in [-0.3, -0.25) is 19.3 Å². The van der Waals surface area contributed by atoms with Crippen molar-refractivity contribution in [1.29, 1.82) is 0 Å². The smallest absolute Gasteiger partial charge is 0.244 e. The summed E-state index contributed by atoms with van der Waals surface area (Å²) in [6, 6.07) is 6.32.